The molecule has 0 amide bonds. The van der Waals surface area contributed by atoms with Gasteiger partial charge in [0, 0.05) is 18.6 Å². The van der Waals surface area contributed by atoms with Gasteiger partial charge in [-0.05, 0) is 32.1 Å². The first-order valence-corrected chi connectivity index (χ1v) is 8.25. The molecule has 0 aromatic heterocycles. The predicted octanol–water partition coefficient (Wildman–Crippen LogP) is 3.72. The first kappa shape index (κ1) is 14.3. The minimum Gasteiger partial charge on any atom is -0.392 e. The molecule has 1 N–H and O–H groups in total. The van der Waals surface area contributed by atoms with Crippen LogP contribution in [-0.4, -0.2) is 34.7 Å². The van der Waals surface area contributed by atoms with Crippen LogP contribution in [0.3, 0.4) is 0 Å². The molecule has 0 heterocycles. The van der Waals surface area contributed by atoms with Crippen LogP contribution in [0.5, 0.6) is 0 Å². The monoisotopic (exact) mass is 253 g/mol. The van der Waals surface area contributed by atoms with Crippen LogP contribution >= 0.6 is 0 Å². The Kier molecular flexibility index (Phi) is 5.97. The van der Waals surface area contributed by atoms with Crippen LogP contribution in [0.15, 0.2) is 0 Å². The molecule has 0 aromatic rings. The number of aliphatic hydroxyl groups excluding tert-OH is 1. The molecule has 2 fully saturated rings. The summed E-state index contributed by atoms with van der Waals surface area (Å²) in [5.74, 6) is 0. The van der Waals surface area contributed by atoms with E-state index in [2.05, 4.69) is 11.8 Å². The van der Waals surface area contributed by atoms with Crippen LogP contribution in [0.2, 0.25) is 0 Å². The van der Waals surface area contributed by atoms with E-state index in [1.807, 2.05) is 0 Å². The van der Waals surface area contributed by atoms with E-state index >= 15 is 0 Å². The smallest absolute Gasteiger partial charge is 0.0664 e. The van der Waals surface area contributed by atoms with Crippen molar-refractivity contribution in [2.24, 2.45) is 0 Å². The highest BCUT2D eigenvalue weighted by molar-refractivity contribution is 4.85. The van der Waals surface area contributed by atoms with Crippen LogP contribution in [0.4, 0.5) is 0 Å². The summed E-state index contributed by atoms with van der Waals surface area (Å²) in [5, 5.41) is 10.0. The predicted molar refractivity (Wildman–Crippen MR) is 76.7 cm³/mol. The molecule has 1 atom stereocenters. The third kappa shape index (κ3) is 3.96. The van der Waals surface area contributed by atoms with Gasteiger partial charge in [0.1, 0.15) is 0 Å². The normalized spacial score (nSPS) is 25.5. The number of nitrogens with zero attached hydrogens (tertiary/aromatic N) is 1. The summed E-state index contributed by atoms with van der Waals surface area (Å²) in [7, 11) is 0. The van der Waals surface area contributed by atoms with E-state index in [0.717, 1.165) is 25.0 Å². The van der Waals surface area contributed by atoms with Crippen molar-refractivity contribution in [2.45, 2.75) is 95.7 Å². The van der Waals surface area contributed by atoms with Crippen LogP contribution in [0, 0.1) is 0 Å². The summed E-state index contributed by atoms with van der Waals surface area (Å²) in [6, 6.07) is 1.53. The molecule has 0 saturated heterocycles. The molecule has 2 nitrogen and oxygen atoms in total. The van der Waals surface area contributed by atoms with Crippen molar-refractivity contribution in [1.82, 2.24) is 4.90 Å². The molecule has 2 aliphatic rings. The third-order valence-corrected chi connectivity index (χ3v) is 4.98. The molecular formula is C16H31NO. The van der Waals surface area contributed by atoms with Gasteiger partial charge in [-0.25, -0.2) is 0 Å². The molecule has 0 aliphatic heterocycles. The largest absolute Gasteiger partial charge is 0.392 e. The molecule has 1 unspecified atom stereocenters. The molecule has 0 aromatic carbocycles. The molecule has 2 saturated carbocycles. The van der Waals surface area contributed by atoms with Gasteiger partial charge in [-0.3, -0.25) is 4.90 Å². The lowest BCUT2D eigenvalue weighted by atomic mass is 9.88. The molecule has 2 heteroatoms. The third-order valence-electron chi connectivity index (χ3n) is 4.98. The Morgan fingerprint density at radius 2 is 1.33 bits per heavy atom. The van der Waals surface area contributed by atoms with Crippen LogP contribution in [-0.2, 0) is 0 Å². The Bertz CT molecular complexity index is 201. The summed E-state index contributed by atoms with van der Waals surface area (Å²) < 4.78 is 0. The lowest BCUT2D eigenvalue weighted by molar-refractivity contribution is 0.0281. The highest BCUT2D eigenvalue weighted by atomic mass is 16.3. The van der Waals surface area contributed by atoms with E-state index in [0.29, 0.717) is 0 Å². The number of hydrogen-bond donors (Lipinski definition) is 1. The maximum Gasteiger partial charge on any atom is 0.0664 e. The Hall–Kier alpha value is -0.0800. The van der Waals surface area contributed by atoms with Gasteiger partial charge in [0.2, 0.25) is 0 Å². The van der Waals surface area contributed by atoms with Crippen molar-refractivity contribution in [3.05, 3.63) is 0 Å². The number of hydrogen-bond acceptors (Lipinski definition) is 2. The van der Waals surface area contributed by atoms with E-state index in [1.165, 1.54) is 64.2 Å². The van der Waals surface area contributed by atoms with Crippen LogP contribution in [0.1, 0.15) is 77.6 Å². The molecule has 0 spiro atoms. The maximum atomic E-state index is 10.0. The quantitative estimate of drug-likeness (QED) is 0.807. The van der Waals surface area contributed by atoms with Gasteiger partial charge in [0.15, 0.2) is 0 Å². The second-order valence-corrected chi connectivity index (χ2v) is 6.34. The molecule has 2 aliphatic carbocycles. The molecule has 18 heavy (non-hydrogen) atoms. The number of aliphatic hydroxyl groups is 1. The fraction of sp³-hybridized carbons (Fsp3) is 1.00. The minimum absolute atomic E-state index is 0.117. The van der Waals surface area contributed by atoms with Crippen LogP contribution < -0.4 is 0 Å². The first-order chi connectivity index (χ1) is 8.81. The summed E-state index contributed by atoms with van der Waals surface area (Å²) in [6.45, 7) is 3.02. The van der Waals surface area contributed by atoms with Gasteiger partial charge in [-0.2, -0.15) is 0 Å². The fourth-order valence-corrected chi connectivity index (χ4v) is 3.79. The van der Waals surface area contributed by atoms with Crippen molar-refractivity contribution in [3.63, 3.8) is 0 Å². The topological polar surface area (TPSA) is 23.5 Å². The molecule has 0 radical (unpaired) electrons. The zero-order valence-corrected chi connectivity index (χ0v) is 12.1. The lowest BCUT2D eigenvalue weighted by Gasteiger charge is -2.42. The standard InChI is InChI=1S/C16H31NO/c1-2-16(18)13-17(14-9-5-3-6-10-14)15-11-7-4-8-12-15/h14-16,18H,2-13H2,1H3. The van der Waals surface area contributed by atoms with Crippen LogP contribution in [0.25, 0.3) is 0 Å². The van der Waals surface area contributed by atoms with Gasteiger partial charge in [-0.15, -0.1) is 0 Å². The highest BCUT2D eigenvalue weighted by Gasteiger charge is 2.29. The van der Waals surface area contributed by atoms with Crippen molar-refractivity contribution >= 4 is 0 Å². The first-order valence-electron chi connectivity index (χ1n) is 8.25. The van der Waals surface area contributed by atoms with Crippen molar-refractivity contribution in [3.8, 4) is 0 Å². The summed E-state index contributed by atoms with van der Waals surface area (Å²) in [4.78, 5) is 2.70. The van der Waals surface area contributed by atoms with Gasteiger partial charge in [-0.1, -0.05) is 45.4 Å². The summed E-state index contributed by atoms with van der Waals surface area (Å²) in [6.07, 6.45) is 14.7. The van der Waals surface area contributed by atoms with E-state index in [9.17, 15) is 5.11 Å². The van der Waals surface area contributed by atoms with E-state index in [4.69, 9.17) is 0 Å². The Morgan fingerprint density at radius 3 is 1.72 bits per heavy atom. The second-order valence-electron chi connectivity index (χ2n) is 6.34. The Labute approximate surface area is 113 Å². The highest BCUT2D eigenvalue weighted by Crippen LogP contribution is 2.30. The fourth-order valence-electron chi connectivity index (χ4n) is 3.79. The molecule has 0 bridgehead atoms. The van der Waals surface area contributed by atoms with Crippen molar-refractivity contribution in [1.29, 1.82) is 0 Å². The maximum absolute atomic E-state index is 10.0. The van der Waals surface area contributed by atoms with Gasteiger partial charge in [0.25, 0.3) is 0 Å². The molecule has 106 valence electrons. The van der Waals surface area contributed by atoms with E-state index in [-0.39, 0.29) is 6.10 Å². The van der Waals surface area contributed by atoms with Gasteiger partial charge < -0.3 is 5.11 Å². The van der Waals surface area contributed by atoms with Gasteiger partial charge >= 0.3 is 0 Å². The van der Waals surface area contributed by atoms with Crippen molar-refractivity contribution < 1.29 is 5.11 Å². The number of rotatable bonds is 5. The summed E-state index contributed by atoms with van der Waals surface area (Å²) >= 11 is 0. The average molecular weight is 253 g/mol. The summed E-state index contributed by atoms with van der Waals surface area (Å²) in [5.41, 5.74) is 0. The zero-order valence-electron chi connectivity index (χ0n) is 12.1. The van der Waals surface area contributed by atoms with Gasteiger partial charge in [0.05, 0.1) is 6.10 Å². The van der Waals surface area contributed by atoms with E-state index in [1.54, 1.807) is 0 Å². The lowest BCUT2D eigenvalue weighted by Crippen LogP contribution is -2.48. The minimum atomic E-state index is -0.117. The van der Waals surface area contributed by atoms with Crippen molar-refractivity contribution in [2.75, 3.05) is 6.54 Å². The second kappa shape index (κ2) is 7.49. The Morgan fingerprint density at radius 1 is 0.889 bits per heavy atom. The Balaban J connectivity index is 1.95. The molecular weight excluding hydrogens is 222 g/mol. The van der Waals surface area contributed by atoms with E-state index < -0.39 is 0 Å². The zero-order chi connectivity index (χ0) is 12.8. The molecule has 2 rings (SSSR count). The SMILES string of the molecule is CCC(O)CN(C1CCCCC1)C1CCCCC1. The average Bonchev–Trinajstić information content (AvgIpc) is 2.46.